The molecule has 6 heteroatoms. The molecule has 0 aromatic heterocycles. The van der Waals surface area contributed by atoms with E-state index in [0.717, 1.165) is 18.1 Å². The molecule has 0 unspecified atom stereocenters. The fraction of sp³-hybridized carbons (Fsp3) is 0.200. The number of nitro groups is 1. The molecular weight excluding hydrogens is 275 g/mol. The molecule has 110 valence electrons. The minimum atomic E-state index is -0.729. The summed E-state index contributed by atoms with van der Waals surface area (Å²) in [4.78, 5) is 9.85. The molecule has 0 bridgehead atoms. The molecule has 21 heavy (non-hydrogen) atoms. The van der Waals surface area contributed by atoms with E-state index in [0.29, 0.717) is 18.7 Å². The zero-order valence-corrected chi connectivity index (χ0v) is 11.3. The maximum atomic E-state index is 13.6. The summed E-state index contributed by atoms with van der Waals surface area (Å²) in [5, 5.41) is 10.5. The highest BCUT2D eigenvalue weighted by Gasteiger charge is 2.11. The summed E-state index contributed by atoms with van der Waals surface area (Å²) in [5.74, 6) is -0.707. The van der Waals surface area contributed by atoms with Crippen molar-refractivity contribution < 1.29 is 14.1 Å². The van der Waals surface area contributed by atoms with Crippen LogP contribution in [0.4, 0.5) is 15.8 Å². The summed E-state index contributed by atoms with van der Waals surface area (Å²) in [6.07, 6.45) is 1.46. The normalized spacial score (nSPS) is 10.3. The molecule has 2 aromatic rings. The van der Waals surface area contributed by atoms with E-state index in [-0.39, 0.29) is 11.4 Å². The molecule has 0 aliphatic heterocycles. The molecule has 0 heterocycles. The summed E-state index contributed by atoms with van der Waals surface area (Å²) >= 11 is 0. The van der Waals surface area contributed by atoms with Gasteiger partial charge < -0.3 is 10.5 Å². The number of hydrogen-bond acceptors (Lipinski definition) is 4. The van der Waals surface area contributed by atoms with Gasteiger partial charge in [-0.15, -0.1) is 0 Å². The predicted molar refractivity (Wildman–Crippen MR) is 77.7 cm³/mol. The lowest BCUT2D eigenvalue weighted by Crippen LogP contribution is -2.01. The van der Waals surface area contributed by atoms with Crippen molar-refractivity contribution >= 4 is 11.4 Å². The van der Waals surface area contributed by atoms with Crippen molar-refractivity contribution in [3.05, 3.63) is 64.0 Å². The van der Waals surface area contributed by atoms with Gasteiger partial charge in [-0.1, -0.05) is 12.1 Å². The van der Waals surface area contributed by atoms with Crippen LogP contribution in [0.2, 0.25) is 0 Å². The molecule has 0 saturated carbocycles. The number of nitrogens with two attached hydrogens (primary N) is 1. The Bertz CT molecular complexity index is 647. The lowest BCUT2D eigenvalue weighted by Gasteiger charge is -2.07. The number of aryl methyl sites for hydroxylation is 1. The van der Waals surface area contributed by atoms with E-state index in [4.69, 9.17) is 10.5 Å². The molecule has 0 saturated heterocycles. The van der Waals surface area contributed by atoms with Crippen molar-refractivity contribution in [1.82, 2.24) is 0 Å². The third-order valence-corrected chi connectivity index (χ3v) is 2.94. The number of halogens is 1. The summed E-state index contributed by atoms with van der Waals surface area (Å²) in [5.41, 5.74) is 7.17. The first-order chi connectivity index (χ1) is 10.1. The van der Waals surface area contributed by atoms with Gasteiger partial charge in [-0.25, -0.2) is 4.39 Å². The summed E-state index contributed by atoms with van der Waals surface area (Å²) in [6, 6.07) is 10.9. The van der Waals surface area contributed by atoms with Crippen LogP contribution < -0.4 is 10.5 Å². The molecule has 0 fully saturated rings. The highest BCUT2D eigenvalue weighted by atomic mass is 19.1. The molecule has 0 atom stereocenters. The van der Waals surface area contributed by atoms with Gasteiger partial charge in [0.05, 0.1) is 17.6 Å². The van der Waals surface area contributed by atoms with Gasteiger partial charge in [0.1, 0.15) is 0 Å². The van der Waals surface area contributed by atoms with E-state index >= 15 is 0 Å². The minimum Gasteiger partial charge on any atom is -0.490 e. The maximum Gasteiger partial charge on any atom is 0.272 e. The molecule has 2 rings (SSSR count). The Kier molecular flexibility index (Phi) is 4.71. The lowest BCUT2D eigenvalue weighted by atomic mass is 10.1. The van der Waals surface area contributed by atoms with Gasteiger partial charge in [0.25, 0.3) is 5.69 Å². The summed E-state index contributed by atoms with van der Waals surface area (Å²) in [7, 11) is 0. The third kappa shape index (κ3) is 4.17. The first-order valence-corrected chi connectivity index (χ1v) is 6.47. The summed E-state index contributed by atoms with van der Waals surface area (Å²) in [6.45, 7) is 0.323. The fourth-order valence-corrected chi connectivity index (χ4v) is 1.93. The second-order valence-corrected chi connectivity index (χ2v) is 4.57. The van der Waals surface area contributed by atoms with Gasteiger partial charge in [0, 0.05) is 11.8 Å². The van der Waals surface area contributed by atoms with Gasteiger partial charge in [-0.2, -0.15) is 0 Å². The van der Waals surface area contributed by atoms with Gasteiger partial charge in [0.15, 0.2) is 11.6 Å². The number of nitrogens with zero attached hydrogens (tertiary/aromatic N) is 1. The van der Waals surface area contributed by atoms with Crippen LogP contribution in [0.5, 0.6) is 5.75 Å². The van der Waals surface area contributed by atoms with Crippen molar-refractivity contribution in [2.45, 2.75) is 12.8 Å². The maximum absolute atomic E-state index is 13.6. The van der Waals surface area contributed by atoms with Crippen LogP contribution in [0.25, 0.3) is 0 Å². The number of ether oxygens (including phenoxy) is 1. The van der Waals surface area contributed by atoms with Crippen molar-refractivity contribution in [2.75, 3.05) is 12.3 Å². The highest BCUT2D eigenvalue weighted by molar-refractivity contribution is 5.40. The second-order valence-electron chi connectivity index (χ2n) is 4.57. The average molecular weight is 290 g/mol. The van der Waals surface area contributed by atoms with Crippen LogP contribution in [0.1, 0.15) is 12.0 Å². The van der Waals surface area contributed by atoms with E-state index in [9.17, 15) is 14.5 Å². The van der Waals surface area contributed by atoms with E-state index in [1.165, 1.54) is 12.1 Å². The van der Waals surface area contributed by atoms with Crippen molar-refractivity contribution in [1.29, 1.82) is 0 Å². The highest BCUT2D eigenvalue weighted by Crippen LogP contribution is 2.22. The number of nitro benzene ring substituents is 1. The standard InChI is InChI=1S/C15H15FN2O3/c16-14-10-13(18(19)20)6-7-15(14)21-8-2-4-11-3-1-5-12(17)9-11/h1,3,5-7,9-10H,2,4,8,17H2. The number of nitrogen functional groups attached to an aromatic ring is 1. The zero-order valence-electron chi connectivity index (χ0n) is 11.3. The predicted octanol–water partition coefficient (Wildman–Crippen LogP) is 3.33. The van der Waals surface area contributed by atoms with Crippen LogP contribution in [0.15, 0.2) is 42.5 Å². The Hall–Kier alpha value is -2.63. The lowest BCUT2D eigenvalue weighted by molar-refractivity contribution is -0.385. The first kappa shape index (κ1) is 14.8. The van der Waals surface area contributed by atoms with Gasteiger partial charge in [0.2, 0.25) is 0 Å². The largest absolute Gasteiger partial charge is 0.490 e. The van der Waals surface area contributed by atoms with Crippen molar-refractivity contribution in [3.8, 4) is 5.75 Å². The van der Waals surface area contributed by atoms with E-state index in [1.54, 1.807) is 0 Å². The molecule has 0 amide bonds. The molecule has 2 aromatic carbocycles. The van der Waals surface area contributed by atoms with E-state index in [2.05, 4.69) is 0 Å². The van der Waals surface area contributed by atoms with Crippen LogP contribution in [-0.4, -0.2) is 11.5 Å². The molecule has 0 aliphatic carbocycles. The number of benzene rings is 2. The van der Waals surface area contributed by atoms with Gasteiger partial charge >= 0.3 is 0 Å². The Morgan fingerprint density at radius 2 is 2.05 bits per heavy atom. The number of rotatable bonds is 6. The van der Waals surface area contributed by atoms with E-state index < -0.39 is 10.7 Å². The van der Waals surface area contributed by atoms with Crippen LogP contribution >= 0.6 is 0 Å². The quantitative estimate of drug-likeness (QED) is 0.383. The Morgan fingerprint density at radius 3 is 2.71 bits per heavy atom. The second kappa shape index (κ2) is 6.69. The molecule has 0 spiro atoms. The van der Waals surface area contributed by atoms with Crippen molar-refractivity contribution in [2.24, 2.45) is 0 Å². The van der Waals surface area contributed by atoms with E-state index in [1.807, 2.05) is 24.3 Å². The Labute approximate surface area is 121 Å². The molecular formula is C15H15FN2O3. The number of anilines is 1. The smallest absolute Gasteiger partial charge is 0.272 e. The van der Waals surface area contributed by atoms with Crippen LogP contribution in [0.3, 0.4) is 0 Å². The molecule has 2 N–H and O–H groups in total. The zero-order chi connectivity index (χ0) is 15.2. The Balaban J connectivity index is 1.85. The van der Waals surface area contributed by atoms with Gasteiger partial charge in [-0.3, -0.25) is 10.1 Å². The first-order valence-electron chi connectivity index (χ1n) is 6.47. The van der Waals surface area contributed by atoms with Crippen molar-refractivity contribution in [3.63, 3.8) is 0 Å². The number of hydrogen-bond donors (Lipinski definition) is 1. The fourth-order valence-electron chi connectivity index (χ4n) is 1.93. The molecule has 0 aliphatic rings. The average Bonchev–Trinajstić information content (AvgIpc) is 2.45. The topological polar surface area (TPSA) is 78.4 Å². The Morgan fingerprint density at radius 1 is 1.24 bits per heavy atom. The minimum absolute atomic E-state index is 0.0215. The monoisotopic (exact) mass is 290 g/mol. The third-order valence-electron chi connectivity index (χ3n) is 2.94. The summed E-state index contributed by atoms with van der Waals surface area (Å²) < 4.78 is 18.9. The van der Waals surface area contributed by atoms with Crippen LogP contribution in [0, 0.1) is 15.9 Å². The van der Waals surface area contributed by atoms with Gasteiger partial charge in [-0.05, 0) is 36.6 Å². The number of non-ortho nitro benzene ring substituents is 1. The molecule has 5 nitrogen and oxygen atoms in total. The molecule has 0 radical (unpaired) electrons. The van der Waals surface area contributed by atoms with Crippen LogP contribution in [-0.2, 0) is 6.42 Å². The SMILES string of the molecule is Nc1cccc(CCCOc2ccc([N+](=O)[O-])cc2F)c1.